The molecule has 0 amide bonds. The first-order valence-corrected chi connectivity index (χ1v) is 7.90. The molecule has 2 aromatic heterocycles. The summed E-state index contributed by atoms with van der Waals surface area (Å²) in [4.78, 5) is 4.68. The normalized spacial score (nSPS) is 10.9. The minimum absolute atomic E-state index is 0.529. The molecule has 0 atom stereocenters. The van der Waals surface area contributed by atoms with Crippen LogP contribution in [-0.2, 0) is 0 Å². The summed E-state index contributed by atoms with van der Waals surface area (Å²) in [6.45, 7) is 0. The first kappa shape index (κ1) is 15.9. The van der Waals surface area contributed by atoms with Crippen LogP contribution in [0.25, 0.3) is 16.6 Å². The van der Waals surface area contributed by atoms with Crippen LogP contribution >= 0.6 is 0 Å². The Balaban J connectivity index is 1.85. The summed E-state index contributed by atoms with van der Waals surface area (Å²) in [5, 5.41) is 12.4. The van der Waals surface area contributed by atoms with Crippen LogP contribution in [0.1, 0.15) is 0 Å². The number of para-hydroxylation sites is 1. The van der Waals surface area contributed by atoms with Crippen molar-refractivity contribution < 1.29 is 14.2 Å². The van der Waals surface area contributed by atoms with E-state index in [1.54, 1.807) is 32.1 Å². The molecule has 8 heteroatoms. The van der Waals surface area contributed by atoms with E-state index < -0.39 is 0 Å². The van der Waals surface area contributed by atoms with Crippen molar-refractivity contribution in [1.82, 2.24) is 19.6 Å². The van der Waals surface area contributed by atoms with E-state index in [0.717, 1.165) is 22.2 Å². The molecule has 8 nitrogen and oxygen atoms in total. The Morgan fingerprint density at radius 2 is 1.69 bits per heavy atom. The van der Waals surface area contributed by atoms with E-state index in [1.807, 2.05) is 36.4 Å². The van der Waals surface area contributed by atoms with Gasteiger partial charge >= 0.3 is 0 Å². The Hall–Kier alpha value is -3.55. The molecule has 0 saturated heterocycles. The van der Waals surface area contributed by atoms with E-state index in [-0.39, 0.29) is 0 Å². The third-order valence-electron chi connectivity index (χ3n) is 4.07. The lowest BCUT2D eigenvalue weighted by Gasteiger charge is -2.15. The highest BCUT2D eigenvalue weighted by atomic mass is 16.5. The lowest BCUT2D eigenvalue weighted by Crippen LogP contribution is -2.03. The lowest BCUT2D eigenvalue weighted by molar-refractivity contribution is 0.324. The largest absolute Gasteiger partial charge is 0.493 e. The summed E-state index contributed by atoms with van der Waals surface area (Å²) in [5.41, 5.74) is 2.28. The van der Waals surface area contributed by atoms with Crippen molar-refractivity contribution in [3.8, 4) is 17.2 Å². The van der Waals surface area contributed by atoms with Crippen LogP contribution in [0.5, 0.6) is 17.2 Å². The summed E-state index contributed by atoms with van der Waals surface area (Å²) < 4.78 is 18.0. The summed E-state index contributed by atoms with van der Waals surface area (Å²) in [6.07, 6.45) is 1.62. The van der Waals surface area contributed by atoms with E-state index in [4.69, 9.17) is 14.2 Å². The summed E-state index contributed by atoms with van der Waals surface area (Å²) in [5.74, 6) is 2.21. The van der Waals surface area contributed by atoms with Gasteiger partial charge in [-0.15, -0.1) is 10.2 Å². The van der Waals surface area contributed by atoms with Crippen LogP contribution in [0.4, 0.5) is 11.6 Å². The van der Waals surface area contributed by atoms with Crippen molar-refractivity contribution in [1.29, 1.82) is 0 Å². The van der Waals surface area contributed by atoms with Gasteiger partial charge in [0.1, 0.15) is 6.33 Å². The van der Waals surface area contributed by atoms with Crippen molar-refractivity contribution in [3.63, 3.8) is 0 Å². The molecular weight excluding hydrogens is 334 g/mol. The van der Waals surface area contributed by atoms with E-state index >= 15 is 0 Å². The molecule has 0 spiro atoms. The summed E-state index contributed by atoms with van der Waals surface area (Å²) >= 11 is 0. The van der Waals surface area contributed by atoms with E-state index in [9.17, 15) is 0 Å². The molecule has 1 N–H and O–H groups in total. The average Bonchev–Trinajstić information content (AvgIpc) is 3.17. The smallest absolute Gasteiger partial charge is 0.215 e. The molecule has 0 radical (unpaired) electrons. The van der Waals surface area contributed by atoms with Gasteiger partial charge in [0.2, 0.25) is 11.7 Å². The Morgan fingerprint density at radius 3 is 2.38 bits per heavy atom. The van der Waals surface area contributed by atoms with Crippen molar-refractivity contribution in [3.05, 3.63) is 42.7 Å². The Kier molecular flexibility index (Phi) is 3.92. The quantitative estimate of drug-likeness (QED) is 0.592. The fourth-order valence-electron chi connectivity index (χ4n) is 2.87. The molecule has 26 heavy (non-hydrogen) atoms. The van der Waals surface area contributed by atoms with Crippen molar-refractivity contribution >= 4 is 28.2 Å². The highest BCUT2D eigenvalue weighted by Gasteiger charge is 2.15. The molecule has 0 saturated carbocycles. The lowest BCUT2D eigenvalue weighted by atomic mass is 10.2. The number of anilines is 2. The number of nitrogens with zero attached hydrogens (tertiary/aromatic N) is 4. The average molecular weight is 351 g/mol. The van der Waals surface area contributed by atoms with Gasteiger partial charge < -0.3 is 19.5 Å². The first-order valence-electron chi connectivity index (χ1n) is 7.90. The van der Waals surface area contributed by atoms with E-state index in [1.165, 1.54) is 0 Å². The Bertz CT molecular complexity index is 1070. The zero-order valence-electron chi connectivity index (χ0n) is 14.6. The fourth-order valence-corrected chi connectivity index (χ4v) is 2.87. The standard InChI is InChI=1S/C18H17N5O3/c1-24-14-8-11(9-15(25-2)16(14)26-3)20-18-21-13-7-5-4-6-12(13)17-22-19-10-23(17)18/h4-10H,1-3H3,(H,20,21). The first-order chi connectivity index (χ1) is 12.7. The van der Waals surface area contributed by atoms with Gasteiger partial charge in [-0.25, -0.2) is 4.98 Å². The second-order valence-electron chi connectivity index (χ2n) is 5.52. The maximum absolute atomic E-state index is 5.40. The number of rotatable bonds is 5. The van der Waals surface area contributed by atoms with Gasteiger partial charge in [0.25, 0.3) is 0 Å². The number of nitrogens with one attached hydrogen (secondary N) is 1. The van der Waals surface area contributed by atoms with E-state index in [0.29, 0.717) is 23.2 Å². The maximum atomic E-state index is 5.40. The topological polar surface area (TPSA) is 82.8 Å². The molecule has 0 bridgehead atoms. The van der Waals surface area contributed by atoms with Crippen LogP contribution in [0, 0.1) is 0 Å². The van der Waals surface area contributed by atoms with Crippen molar-refractivity contribution in [2.24, 2.45) is 0 Å². The zero-order valence-corrected chi connectivity index (χ0v) is 14.6. The van der Waals surface area contributed by atoms with Crippen LogP contribution < -0.4 is 19.5 Å². The third kappa shape index (κ3) is 2.52. The third-order valence-corrected chi connectivity index (χ3v) is 4.07. The van der Waals surface area contributed by atoms with Gasteiger partial charge in [-0.3, -0.25) is 4.40 Å². The second-order valence-corrected chi connectivity index (χ2v) is 5.52. The summed E-state index contributed by atoms with van der Waals surface area (Å²) in [6, 6.07) is 11.4. The van der Waals surface area contributed by atoms with Gasteiger partial charge in [0.15, 0.2) is 17.1 Å². The van der Waals surface area contributed by atoms with Gasteiger partial charge in [-0.1, -0.05) is 12.1 Å². The molecule has 132 valence electrons. The van der Waals surface area contributed by atoms with Gasteiger partial charge in [0.05, 0.1) is 26.8 Å². The molecule has 0 fully saturated rings. The number of hydrogen-bond acceptors (Lipinski definition) is 7. The van der Waals surface area contributed by atoms with E-state index in [2.05, 4.69) is 20.5 Å². The molecular formula is C18H17N5O3. The molecule has 2 aromatic carbocycles. The Morgan fingerprint density at radius 1 is 0.962 bits per heavy atom. The molecule has 0 aliphatic heterocycles. The van der Waals surface area contributed by atoms with Crippen molar-refractivity contribution in [2.75, 3.05) is 26.6 Å². The minimum Gasteiger partial charge on any atom is -0.493 e. The van der Waals surface area contributed by atoms with Crippen LogP contribution in [0.15, 0.2) is 42.7 Å². The maximum Gasteiger partial charge on any atom is 0.215 e. The van der Waals surface area contributed by atoms with Crippen LogP contribution in [-0.4, -0.2) is 40.9 Å². The predicted molar refractivity (Wildman–Crippen MR) is 97.7 cm³/mol. The number of methoxy groups -OCH3 is 3. The molecule has 4 rings (SSSR count). The molecule has 2 heterocycles. The number of fused-ring (bicyclic) bond motifs is 3. The highest BCUT2D eigenvalue weighted by Crippen LogP contribution is 2.40. The monoisotopic (exact) mass is 351 g/mol. The highest BCUT2D eigenvalue weighted by molar-refractivity contribution is 5.92. The molecule has 0 unspecified atom stereocenters. The Labute approximate surface area is 149 Å². The number of ether oxygens (including phenoxy) is 3. The SMILES string of the molecule is COc1cc(Nc2nc3ccccc3c3nncn23)cc(OC)c1OC. The van der Waals surface area contributed by atoms with Gasteiger partial charge in [0, 0.05) is 23.2 Å². The molecule has 4 aromatic rings. The number of benzene rings is 2. The summed E-state index contributed by atoms with van der Waals surface area (Å²) in [7, 11) is 4.72. The fraction of sp³-hybridized carbons (Fsp3) is 0.167. The van der Waals surface area contributed by atoms with Crippen LogP contribution in [0.3, 0.4) is 0 Å². The van der Waals surface area contributed by atoms with Crippen molar-refractivity contribution in [2.45, 2.75) is 0 Å². The van der Waals surface area contributed by atoms with Crippen LogP contribution in [0.2, 0.25) is 0 Å². The second kappa shape index (κ2) is 6.40. The minimum atomic E-state index is 0.529. The molecule has 0 aliphatic rings. The predicted octanol–water partition coefficient (Wildman–Crippen LogP) is 3.05. The zero-order chi connectivity index (χ0) is 18.1. The van der Waals surface area contributed by atoms with Gasteiger partial charge in [-0.2, -0.15) is 0 Å². The number of hydrogen-bond donors (Lipinski definition) is 1. The van der Waals surface area contributed by atoms with Gasteiger partial charge in [-0.05, 0) is 12.1 Å². The number of aromatic nitrogens is 4. The molecule has 0 aliphatic carbocycles.